The summed E-state index contributed by atoms with van der Waals surface area (Å²) >= 11 is 1.34. The number of hydrogen-bond acceptors (Lipinski definition) is 4. The highest BCUT2D eigenvalue weighted by Gasteiger charge is 2.18. The maximum atomic E-state index is 12.3. The molecule has 1 atom stereocenters. The second-order valence-electron chi connectivity index (χ2n) is 4.69. The molecule has 0 saturated heterocycles. The first-order chi connectivity index (χ1) is 10.0. The van der Waals surface area contributed by atoms with Crippen LogP contribution in [0.2, 0.25) is 0 Å². The van der Waals surface area contributed by atoms with E-state index in [0.717, 1.165) is 17.1 Å². The second kappa shape index (κ2) is 6.61. The van der Waals surface area contributed by atoms with Crippen LogP contribution in [0.15, 0.2) is 21.9 Å². The fourth-order valence-electron chi connectivity index (χ4n) is 2.14. The van der Waals surface area contributed by atoms with E-state index in [1.807, 2.05) is 32.2 Å². The zero-order valence-corrected chi connectivity index (χ0v) is 13.0. The highest BCUT2D eigenvalue weighted by atomic mass is 32.1. The summed E-state index contributed by atoms with van der Waals surface area (Å²) in [7, 11) is 0. The van der Waals surface area contributed by atoms with Crippen molar-refractivity contribution in [2.45, 2.75) is 26.8 Å². The molecular weight excluding hydrogens is 286 g/mol. The van der Waals surface area contributed by atoms with Crippen molar-refractivity contribution in [2.75, 3.05) is 6.61 Å². The van der Waals surface area contributed by atoms with Crippen LogP contribution in [0.25, 0.3) is 0 Å². The minimum atomic E-state index is -0.221. The molecule has 2 aromatic heterocycles. The fourth-order valence-corrected chi connectivity index (χ4v) is 2.89. The van der Waals surface area contributed by atoms with Crippen LogP contribution in [-0.2, 0) is 0 Å². The van der Waals surface area contributed by atoms with Crippen molar-refractivity contribution >= 4 is 17.2 Å². The van der Waals surface area contributed by atoms with E-state index in [2.05, 4.69) is 17.2 Å². The molecule has 2 rings (SSSR count). The predicted octanol–water partition coefficient (Wildman–Crippen LogP) is 2.79. The Hall–Kier alpha value is -2.03. The van der Waals surface area contributed by atoms with E-state index in [4.69, 9.17) is 9.52 Å². The van der Waals surface area contributed by atoms with Gasteiger partial charge in [0.2, 0.25) is 0 Å². The molecule has 2 N–H and O–H groups in total. The molecule has 2 aromatic rings. The summed E-state index contributed by atoms with van der Waals surface area (Å²) in [5, 5.41) is 13.5. The minimum absolute atomic E-state index is 0.143. The lowest BCUT2D eigenvalue weighted by molar-refractivity contribution is 0.0943. The summed E-state index contributed by atoms with van der Waals surface area (Å²) in [6.07, 6.45) is 0. The van der Waals surface area contributed by atoms with Crippen molar-refractivity contribution in [3.63, 3.8) is 0 Å². The van der Waals surface area contributed by atoms with Gasteiger partial charge in [-0.25, -0.2) is 0 Å². The topological polar surface area (TPSA) is 62.5 Å². The third-order valence-corrected chi connectivity index (χ3v) is 3.98. The van der Waals surface area contributed by atoms with Crippen molar-refractivity contribution in [3.8, 4) is 11.8 Å². The van der Waals surface area contributed by atoms with Crippen LogP contribution in [0.5, 0.6) is 0 Å². The predicted molar refractivity (Wildman–Crippen MR) is 82.3 cm³/mol. The molecule has 1 amide bonds. The zero-order valence-electron chi connectivity index (χ0n) is 12.2. The van der Waals surface area contributed by atoms with E-state index in [1.54, 1.807) is 6.07 Å². The number of thiophene rings is 1. The van der Waals surface area contributed by atoms with Gasteiger partial charge in [-0.15, -0.1) is 11.3 Å². The van der Waals surface area contributed by atoms with E-state index < -0.39 is 0 Å². The van der Waals surface area contributed by atoms with Crippen molar-refractivity contribution in [1.82, 2.24) is 5.32 Å². The highest BCUT2D eigenvalue weighted by molar-refractivity contribution is 7.12. The molecule has 0 aliphatic heterocycles. The molecule has 1 unspecified atom stereocenters. The van der Waals surface area contributed by atoms with Gasteiger partial charge in [0.1, 0.15) is 23.0 Å². The van der Waals surface area contributed by atoms with E-state index >= 15 is 0 Å². The van der Waals surface area contributed by atoms with Crippen LogP contribution < -0.4 is 5.32 Å². The SMILES string of the molecule is Cc1cc(C(C)NC(=O)c2sccc2C#CCO)c(C)o1. The van der Waals surface area contributed by atoms with Crippen LogP contribution in [0.4, 0.5) is 0 Å². The van der Waals surface area contributed by atoms with E-state index in [0.29, 0.717) is 10.4 Å². The maximum absolute atomic E-state index is 12.3. The Bertz CT molecular complexity index is 703. The molecule has 110 valence electrons. The van der Waals surface area contributed by atoms with Crippen LogP contribution in [0.3, 0.4) is 0 Å². The van der Waals surface area contributed by atoms with Gasteiger partial charge in [-0.2, -0.15) is 0 Å². The van der Waals surface area contributed by atoms with Crippen molar-refractivity contribution < 1.29 is 14.3 Å². The number of aryl methyl sites for hydroxylation is 2. The Kier molecular flexibility index (Phi) is 4.84. The van der Waals surface area contributed by atoms with Crippen LogP contribution >= 0.6 is 11.3 Å². The van der Waals surface area contributed by atoms with Crippen molar-refractivity contribution in [3.05, 3.63) is 45.0 Å². The van der Waals surface area contributed by atoms with Gasteiger partial charge in [0.15, 0.2) is 0 Å². The Labute approximate surface area is 127 Å². The van der Waals surface area contributed by atoms with Gasteiger partial charge in [0, 0.05) is 11.1 Å². The van der Waals surface area contributed by atoms with Crippen LogP contribution in [0.1, 0.15) is 45.3 Å². The summed E-state index contributed by atoms with van der Waals surface area (Å²) in [5.41, 5.74) is 1.61. The Morgan fingerprint density at radius 2 is 2.29 bits per heavy atom. The Morgan fingerprint density at radius 1 is 1.52 bits per heavy atom. The summed E-state index contributed by atoms with van der Waals surface area (Å²) in [6, 6.07) is 3.57. The van der Waals surface area contributed by atoms with Gasteiger partial charge < -0.3 is 14.8 Å². The number of aliphatic hydroxyl groups is 1. The third kappa shape index (κ3) is 3.54. The molecule has 5 heteroatoms. The van der Waals surface area contributed by atoms with Crippen molar-refractivity contribution in [2.24, 2.45) is 0 Å². The fraction of sp³-hybridized carbons (Fsp3) is 0.312. The molecule has 21 heavy (non-hydrogen) atoms. The summed E-state index contributed by atoms with van der Waals surface area (Å²) in [4.78, 5) is 12.9. The summed E-state index contributed by atoms with van der Waals surface area (Å²) in [5.74, 6) is 6.82. The van der Waals surface area contributed by atoms with E-state index in [9.17, 15) is 4.79 Å². The highest BCUT2D eigenvalue weighted by Crippen LogP contribution is 2.23. The number of aliphatic hydroxyl groups excluding tert-OH is 1. The molecule has 0 aliphatic carbocycles. The first-order valence-electron chi connectivity index (χ1n) is 6.58. The van der Waals surface area contributed by atoms with Gasteiger partial charge in [-0.1, -0.05) is 11.8 Å². The number of carbonyl (C=O) groups is 1. The third-order valence-electron chi connectivity index (χ3n) is 3.07. The molecule has 4 nitrogen and oxygen atoms in total. The lowest BCUT2D eigenvalue weighted by Crippen LogP contribution is -2.26. The molecule has 0 spiro atoms. The van der Waals surface area contributed by atoms with Gasteiger partial charge in [-0.05, 0) is 38.3 Å². The van der Waals surface area contributed by atoms with Gasteiger partial charge in [0.25, 0.3) is 5.91 Å². The molecule has 2 heterocycles. The number of hydrogen-bond donors (Lipinski definition) is 2. The molecule has 0 fully saturated rings. The standard InChI is InChI=1S/C16H17NO3S/c1-10-9-14(12(3)20-10)11(2)17-16(19)15-13(5-4-7-18)6-8-21-15/h6,8-9,11,18H,7H2,1-3H3,(H,17,19). The largest absolute Gasteiger partial charge is 0.466 e. The number of amides is 1. The smallest absolute Gasteiger partial charge is 0.263 e. The minimum Gasteiger partial charge on any atom is -0.466 e. The van der Waals surface area contributed by atoms with Gasteiger partial charge >= 0.3 is 0 Å². The van der Waals surface area contributed by atoms with Crippen molar-refractivity contribution in [1.29, 1.82) is 0 Å². The number of carbonyl (C=O) groups excluding carboxylic acids is 1. The summed E-state index contributed by atoms with van der Waals surface area (Å²) in [6.45, 7) is 5.46. The average Bonchev–Trinajstić information content (AvgIpc) is 3.02. The monoisotopic (exact) mass is 303 g/mol. The van der Waals surface area contributed by atoms with Gasteiger partial charge in [-0.3, -0.25) is 4.79 Å². The lowest BCUT2D eigenvalue weighted by atomic mass is 10.1. The van der Waals surface area contributed by atoms with E-state index in [1.165, 1.54) is 11.3 Å². The maximum Gasteiger partial charge on any atom is 0.263 e. The zero-order chi connectivity index (χ0) is 15.4. The van der Waals surface area contributed by atoms with Gasteiger partial charge in [0.05, 0.1) is 6.04 Å². The number of rotatable bonds is 3. The number of furan rings is 1. The molecule has 0 radical (unpaired) electrons. The number of nitrogens with one attached hydrogen (secondary N) is 1. The molecule has 0 saturated carbocycles. The first kappa shape index (κ1) is 15.4. The van der Waals surface area contributed by atoms with Crippen LogP contribution in [-0.4, -0.2) is 17.6 Å². The molecule has 0 aromatic carbocycles. The quantitative estimate of drug-likeness (QED) is 0.857. The second-order valence-corrected chi connectivity index (χ2v) is 5.60. The molecular formula is C16H17NO3S. The molecule has 0 bridgehead atoms. The normalized spacial score (nSPS) is 11.6. The average molecular weight is 303 g/mol. The first-order valence-corrected chi connectivity index (χ1v) is 7.46. The van der Waals surface area contributed by atoms with E-state index in [-0.39, 0.29) is 18.6 Å². The Morgan fingerprint density at radius 3 is 2.90 bits per heavy atom. The summed E-state index contributed by atoms with van der Waals surface area (Å²) < 4.78 is 5.49. The Balaban J connectivity index is 2.15. The lowest BCUT2D eigenvalue weighted by Gasteiger charge is -2.12. The van der Waals surface area contributed by atoms with Crippen LogP contribution in [0, 0.1) is 25.7 Å². The molecule has 0 aliphatic rings.